The zero-order valence-electron chi connectivity index (χ0n) is 13.1. The Morgan fingerprint density at radius 3 is 2.41 bits per heavy atom. The maximum atomic E-state index is 12.1. The molecule has 0 aliphatic rings. The number of hydroxylamine groups is 2. The van der Waals surface area contributed by atoms with Crippen LogP contribution in [0.2, 0.25) is 0 Å². The summed E-state index contributed by atoms with van der Waals surface area (Å²) in [6.45, 7) is 1.94. The predicted octanol–water partition coefficient (Wildman–Crippen LogP) is 0.624. The fourth-order valence-electron chi connectivity index (χ4n) is 1.86. The molecule has 0 radical (unpaired) electrons. The number of aliphatic hydroxyl groups excluding tert-OH is 2. The van der Waals surface area contributed by atoms with Crippen molar-refractivity contribution in [2.75, 3.05) is 19.9 Å². The van der Waals surface area contributed by atoms with E-state index in [0.29, 0.717) is 4.90 Å². The lowest BCUT2D eigenvalue weighted by Crippen LogP contribution is -2.31. The van der Waals surface area contributed by atoms with Crippen molar-refractivity contribution in [3.8, 4) is 0 Å². The minimum Gasteiger partial charge on any atom is -0.392 e. The van der Waals surface area contributed by atoms with Gasteiger partial charge in [-0.2, -0.15) is 0 Å². The van der Waals surface area contributed by atoms with Gasteiger partial charge in [-0.25, -0.2) is 5.06 Å². The zero-order chi connectivity index (χ0) is 16.7. The van der Waals surface area contributed by atoms with Gasteiger partial charge >= 0.3 is 0 Å². The van der Waals surface area contributed by atoms with E-state index in [9.17, 15) is 19.2 Å². The molecule has 0 aliphatic carbocycles. The number of hydrogen-bond donors (Lipinski definition) is 2. The topological polar surface area (TPSA) is 87.1 Å². The van der Waals surface area contributed by atoms with E-state index in [2.05, 4.69) is 0 Å². The molecule has 1 aromatic carbocycles. The molecule has 1 aromatic rings. The molecule has 7 heteroatoms. The highest BCUT2D eigenvalue weighted by Gasteiger charge is 2.20. The Balaban J connectivity index is 2.45. The summed E-state index contributed by atoms with van der Waals surface area (Å²) in [6, 6.07) is 7.22. The van der Waals surface area contributed by atoms with Crippen LogP contribution in [0, 0.1) is 6.92 Å². The van der Waals surface area contributed by atoms with Gasteiger partial charge in [-0.05, 0) is 19.1 Å². The molecule has 124 valence electrons. The minimum atomic E-state index is -1.34. The summed E-state index contributed by atoms with van der Waals surface area (Å²) < 4.78 is 12.1. The van der Waals surface area contributed by atoms with E-state index < -0.39 is 23.0 Å². The van der Waals surface area contributed by atoms with E-state index in [1.807, 2.05) is 19.1 Å². The number of amides is 1. The van der Waals surface area contributed by atoms with Gasteiger partial charge in [0.05, 0.1) is 42.3 Å². The van der Waals surface area contributed by atoms with Gasteiger partial charge in [0, 0.05) is 18.4 Å². The SMILES string of the molecule is CON(C)C(=O)C[C@H](O)C[C@@H](O)C[S@](=O)c1ccc(C)cc1. The largest absolute Gasteiger partial charge is 0.392 e. The van der Waals surface area contributed by atoms with Crippen LogP contribution in [0.3, 0.4) is 0 Å². The number of nitrogens with zero attached hydrogens (tertiary/aromatic N) is 1. The second kappa shape index (κ2) is 8.99. The van der Waals surface area contributed by atoms with Crippen LogP contribution in [0.5, 0.6) is 0 Å². The number of carbonyl (C=O) groups excluding carboxylic acids is 1. The molecule has 1 rings (SSSR count). The maximum absolute atomic E-state index is 12.1. The van der Waals surface area contributed by atoms with Crippen LogP contribution in [0.1, 0.15) is 18.4 Å². The lowest BCUT2D eigenvalue weighted by Gasteiger charge is -2.18. The first-order chi connectivity index (χ1) is 10.3. The highest BCUT2D eigenvalue weighted by molar-refractivity contribution is 7.85. The fourth-order valence-corrected chi connectivity index (χ4v) is 2.98. The Morgan fingerprint density at radius 2 is 1.86 bits per heavy atom. The van der Waals surface area contributed by atoms with Crippen LogP contribution in [0.4, 0.5) is 0 Å². The Bertz CT molecular complexity index is 505. The lowest BCUT2D eigenvalue weighted by atomic mass is 10.1. The molecule has 0 heterocycles. The van der Waals surface area contributed by atoms with Crippen molar-refractivity contribution in [1.29, 1.82) is 0 Å². The van der Waals surface area contributed by atoms with Crippen LogP contribution in [-0.4, -0.2) is 57.5 Å². The predicted molar refractivity (Wildman–Crippen MR) is 83.5 cm³/mol. The highest BCUT2D eigenvalue weighted by Crippen LogP contribution is 2.12. The average Bonchev–Trinajstić information content (AvgIpc) is 2.46. The first-order valence-corrected chi connectivity index (χ1v) is 8.27. The minimum absolute atomic E-state index is 0.0130. The number of aryl methyl sites for hydroxylation is 1. The van der Waals surface area contributed by atoms with Crippen LogP contribution in [0.15, 0.2) is 29.2 Å². The van der Waals surface area contributed by atoms with Crippen molar-refractivity contribution < 1.29 is 24.1 Å². The average molecular weight is 329 g/mol. The summed E-state index contributed by atoms with van der Waals surface area (Å²) in [6.07, 6.45) is -2.12. The van der Waals surface area contributed by atoms with E-state index in [0.717, 1.165) is 10.6 Å². The first kappa shape index (κ1) is 18.8. The third kappa shape index (κ3) is 6.23. The molecule has 0 aliphatic heterocycles. The van der Waals surface area contributed by atoms with Gasteiger partial charge in [0.1, 0.15) is 0 Å². The van der Waals surface area contributed by atoms with E-state index in [4.69, 9.17) is 4.84 Å². The fraction of sp³-hybridized carbons (Fsp3) is 0.533. The van der Waals surface area contributed by atoms with Gasteiger partial charge in [-0.3, -0.25) is 13.8 Å². The van der Waals surface area contributed by atoms with E-state index in [1.54, 1.807) is 12.1 Å². The van der Waals surface area contributed by atoms with E-state index >= 15 is 0 Å². The van der Waals surface area contributed by atoms with E-state index in [-0.39, 0.29) is 24.5 Å². The van der Waals surface area contributed by atoms with Gasteiger partial charge in [-0.15, -0.1) is 0 Å². The number of benzene rings is 1. The highest BCUT2D eigenvalue weighted by atomic mass is 32.2. The molecule has 0 saturated heterocycles. The molecule has 0 aromatic heterocycles. The summed E-state index contributed by atoms with van der Waals surface area (Å²) in [5.74, 6) is -0.365. The molecule has 1 amide bonds. The van der Waals surface area contributed by atoms with Crippen molar-refractivity contribution in [2.24, 2.45) is 0 Å². The maximum Gasteiger partial charge on any atom is 0.248 e. The van der Waals surface area contributed by atoms with Crippen molar-refractivity contribution >= 4 is 16.7 Å². The number of aliphatic hydroxyl groups is 2. The van der Waals surface area contributed by atoms with Crippen LogP contribution < -0.4 is 0 Å². The standard InChI is InChI=1S/C15H23NO5S/c1-11-4-6-14(7-5-11)22(20)10-13(18)8-12(17)9-15(19)16(2)21-3/h4-7,12-13,17-18H,8-10H2,1-3H3/t12-,13-,22+/m1/s1. The quantitative estimate of drug-likeness (QED) is 0.683. The van der Waals surface area contributed by atoms with Gasteiger partial charge in [0.2, 0.25) is 5.91 Å². The van der Waals surface area contributed by atoms with Gasteiger partial charge in [0.25, 0.3) is 0 Å². The van der Waals surface area contributed by atoms with Crippen molar-refractivity contribution in [2.45, 2.75) is 36.9 Å². The Labute approximate surface area is 133 Å². The van der Waals surface area contributed by atoms with E-state index in [1.165, 1.54) is 14.2 Å². The Morgan fingerprint density at radius 1 is 1.27 bits per heavy atom. The lowest BCUT2D eigenvalue weighted by molar-refractivity contribution is -0.170. The number of rotatable bonds is 8. The van der Waals surface area contributed by atoms with Crippen molar-refractivity contribution in [1.82, 2.24) is 5.06 Å². The molecule has 3 atom stereocenters. The van der Waals surface area contributed by atoms with Crippen molar-refractivity contribution in [3.63, 3.8) is 0 Å². The summed E-state index contributed by atoms with van der Waals surface area (Å²) in [7, 11) is 1.45. The summed E-state index contributed by atoms with van der Waals surface area (Å²) in [5.41, 5.74) is 1.07. The number of hydrogen-bond acceptors (Lipinski definition) is 5. The molecular weight excluding hydrogens is 306 g/mol. The summed E-state index contributed by atoms with van der Waals surface area (Å²) in [5, 5.41) is 20.7. The molecule has 22 heavy (non-hydrogen) atoms. The molecule has 0 saturated carbocycles. The molecule has 6 nitrogen and oxygen atoms in total. The smallest absolute Gasteiger partial charge is 0.248 e. The third-order valence-electron chi connectivity index (χ3n) is 3.21. The van der Waals surface area contributed by atoms with Crippen LogP contribution in [-0.2, 0) is 20.4 Å². The second-order valence-electron chi connectivity index (χ2n) is 5.15. The monoisotopic (exact) mass is 329 g/mol. The van der Waals surface area contributed by atoms with Gasteiger partial charge in [-0.1, -0.05) is 17.7 Å². The zero-order valence-corrected chi connectivity index (χ0v) is 13.9. The molecule has 0 bridgehead atoms. The molecule has 0 fully saturated rings. The summed E-state index contributed by atoms with van der Waals surface area (Å²) >= 11 is 0. The first-order valence-electron chi connectivity index (χ1n) is 6.95. The molecule has 0 unspecified atom stereocenters. The number of carbonyl (C=O) groups is 1. The second-order valence-corrected chi connectivity index (χ2v) is 6.64. The van der Waals surface area contributed by atoms with Crippen LogP contribution in [0.25, 0.3) is 0 Å². The third-order valence-corrected chi connectivity index (χ3v) is 4.69. The Kier molecular flexibility index (Phi) is 7.67. The Hall–Kier alpha value is -1.28. The van der Waals surface area contributed by atoms with Gasteiger partial charge in [0.15, 0.2) is 0 Å². The molecule has 2 N–H and O–H groups in total. The van der Waals surface area contributed by atoms with Gasteiger partial charge < -0.3 is 10.2 Å². The summed E-state index contributed by atoms with van der Waals surface area (Å²) in [4.78, 5) is 16.9. The molecular formula is C15H23NO5S. The van der Waals surface area contributed by atoms with Crippen molar-refractivity contribution in [3.05, 3.63) is 29.8 Å². The molecule has 0 spiro atoms. The normalized spacial score (nSPS) is 15.1. The van der Waals surface area contributed by atoms with Crippen LogP contribution >= 0.6 is 0 Å².